The highest BCUT2D eigenvalue weighted by Gasteiger charge is 2.04. The van der Waals surface area contributed by atoms with Gasteiger partial charge in [-0.1, -0.05) is 0 Å². The van der Waals surface area contributed by atoms with Gasteiger partial charge in [-0.2, -0.15) is 0 Å². The Hall–Kier alpha value is -1.84. The fraction of sp³-hybridized carbons (Fsp3) is 0.385. The van der Waals surface area contributed by atoms with Gasteiger partial charge in [0.15, 0.2) is 0 Å². The summed E-state index contributed by atoms with van der Waals surface area (Å²) in [5.41, 5.74) is 4.39. The van der Waals surface area contributed by atoms with E-state index in [1.54, 1.807) is 0 Å². The number of nitrogens with zero attached hydrogens (tertiary/aromatic N) is 1. The molecule has 1 heterocycles. The normalized spacial score (nSPS) is 10.9. The molecule has 0 bridgehead atoms. The summed E-state index contributed by atoms with van der Waals surface area (Å²) in [5.74, 6) is -0.168. The van der Waals surface area contributed by atoms with Crippen molar-refractivity contribution in [3.8, 4) is 0 Å². The van der Waals surface area contributed by atoms with Gasteiger partial charge in [-0.3, -0.25) is 0 Å². The van der Waals surface area contributed by atoms with Gasteiger partial charge in [0.2, 0.25) is 0 Å². The summed E-state index contributed by atoms with van der Waals surface area (Å²) in [5, 5.41) is 10.3. The molecule has 1 N–H and O–H groups in total. The first kappa shape index (κ1) is 11.6. The largest absolute Gasteiger partial charge is 0.550 e. The molecule has 0 unspecified atom stereocenters. The molecule has 4 heteroatoms. The zero-order chi connectivity index (χ0) is 12.4. The Kier molecular flexibility index (Phi) is 3.13. The first-order valence-corrected chi connectivity index (χ1v) is 5.72. The summed E-state index contributed by atoms with van der Waals surface area (Å²) >= 11 is 0. The number of aromatic nitrogens is 2. The third-order valence-corrected chi connectivity index (χ3v) is 2.94. The SMILES string of the molecule is Cc1cc2nc(CCCC(=O)[O-])[nH]c2cc1C. The van der Waals surface area contributed by atoms with Crippen LogP contribution in [0.2, 0.25) is 0 Å². The van der Waals surface area contributed by atoms with Crippen LogP contribution >= 0.6 is 0 Å². The molecule has 0 spiro atoms. The molecule has 0 aliphatic rings. The molecule has 0 aliphatic carbocycles. The standard InChI is InChI=1S/C13H16N2O2/c1-8-6-10-11(7-9(8)2)15-12(14-10)4-3-5-13(16)17/h6-7H,3-5H2,1-2H3,(H,14,15)(H,16,17)/p-1. The predicted octanol–water partition coefficient (Wildman–Crippen LogP) is 1.25. The number of aliphatic carboxylic acids is 1. The number of benzene rings is 1. The second-order valence-corrected chi connectivity index (χ2v) is 4.36. The number of aryl methyl sites for hydroxylation is 3. The van der Waals surface area contributed by atoms with E-state index >= 15 is 0 Å². The van der Waals surface area contributed by atoms with E-state index in [1.807, 2.05) is 6.07 Å². The monoisotopic (exact) mass is 231 g/mol. The molecule has 0 radical (unpaired) electrons. The van der Waals surface area contributed by atoms with E-state index < -0.39 is 5.97 Å². The zero-order valence-corrected chi connectivity index (χ0v) is 10.0. The first-order valence-electron chi connectivity index (χ1n) is 5.72. The topological polar surface area (TPSA) is 68.8 Å². The molecule has 1 aromatic carbocycles. The Labute approximate surface area is 99.7 Å². The Morgan fingerprint density at radius 2 is 2.06 bits per heavy atom. The van der Waals surface area contributed by atoms with E-state index in [2.05, 4.69) is 29.9 Å². The minimum Gasteiger partial charge on any atom is -0.550 e. The van der Waals surface area contributed by atoms with E-state index in [1.165, 1.54) is 11.1 Å². The van der Waals surface area contributed by atoms with Crippen LogP contribution < -0.4 is 5.11 Å². The van der Waals surface area contributed by atoms with Gasteiger partial charge in [0.1, 0.15) is 5.82 Å². The van der Waals surface area contributed by atoms with E-state index in [9.17, 15) is 9.90 Å². The second kappa shape index (κ2) is 4.57. The van der Waals surface area contributed by atoms with Crippen molar-refractivity contribution in [2.75, 3.05) is 0 Å². The van der Waals surface area contributed by atoms with Gasteiger partial charge in [0.05, 0.1) is 11.0 Å². The second-order valence-electron chi connectivity index (χ2n) is 4.36. The van der Waals surface area contributed by atoms with Crippen LogP contribution in [0.25, 0.3) is 11.0 Å². The highest BCUT2D eigenvalue weighted by atomic mass is 16.4. The third kappa shape index (κ3) is 2.64. The number of nitrogens with one attached hydrogen (secondary N) is 1. The van der Waals surface area contributed by atoms with Crippen molar-refractivity contribution in [2.24, 2.45) is 0 Å². The number of rotatable bonds is 4. The number of hydrogen-bond donors (Lipinski definition) is 1. The molecule has 0 atom stereocenters. The fourth-order valence-electron chi connectivity index (χ4n) is 1.84. The fourth-order valence-corrected chi connectivity index (χ4v) is 1.84. The van der Waals surface area contributed by atoms with E-state index in [0.29, 0.717) is 12.8 Å². The molecular formula is C13H15N2O2-. The molecule has 17 heavy (non-hydrogen) atoms. The number of carbonyl (C=O) groups is 1. The average Bonchev–Trinajstić information content (AvgIpc) is 2.60. The lowest BCUT2D eigenvalue weighted by Gasteiger charge is -1.98. The lowest BCUT2D eigenvalue weighted by molar-refractivity contribution is -0.305. The van der Waals surface area contributed by atoms with Crippen LogP contribution in [0.5, 0.6) is 0 Å². The Morgan fingerprint density at radius 3 is 2.76 bits per heavy atom. The highest BCUT2D eigenvalue weighted by molar-refractivity contribution is 5.77. The van der Waals surface area contributed by atoms with E-state index in [-0.39, 0.29) is 6.42 Å². The molecule has 1 aromatic heterocycles. The van der Waals surface area contributed by atoms with E-state index in [4.69, 9.17) is 0 Å². The van der Waals surface area contributed by atoms with Crippen molar-refractivity contribution in [2.45, 2.75) is 33.1 Å². The summed E-state index contributed by atoms with van der Waals surface area (Å²) in [6.45, 7) is 4.12. The molecule has 0 amide bonds. The summed E-state index contributed by atoms with van der Waals surface area (Å²) < 4.78 is 0. The molecule has 90 valence electrons. The van der Waals surface area contributed by atoms with Crippen molar-refractivity contribution >= 4 is 17.0 Å². The van der Waals surface area contributed by atoms with Gasteiger partial charge in [-0.25, -0.2) is 4.98 Å². The van der Waals surface area contributed by atoms with Crippen molar-refractivity contribution in [3.63, 3.8) is 0 Å². The average molecular weight is 231 g/mol. The maximum absolute atomic E-state index is 10.3. The highest BCUT2D eigenvalue weighted by Crippen LogP contribution is 2.17. The molecule has 0 saturated heterocycles. The number of carbonyl (C=O) groups excluding carboxylic acids is 1. The number of hydrogen-bond acceptors (Lipinski definition) is 3. The smallest absolute Gasteiger partial charge is 0.107 e. The maximum Gasteiger partial charge on any atom is 0.107 e. The third-order valence-electron chi connectivity index (χ3n) is 2.94. The van der Waals surface area contributed by atoms with Crippen molar-refractivity contribution in [3.05, 3.63) is 29.1 Å². The van der Waals surface area contributed by atoms with Gasteiger partial charge in [0.25, 0.3) is 0 Å². The molecule has 2 rings (SSSR count). The summed E-state index contributed by atoms with van der Waals surface area (Å²) in [7, 11) is 0. The maximum atomic E-state index is 10.3. The van der Waals surface area contributed by atoms with Gasteiger partial charge < -0.3 is 14.9 Å². The first-order chi connectivity index (χ1) is 8.06. The quantitative estimate of drug-likeness (QED) is 0.861. The number of carboxylic acids is 1. The Balaban J connectivity index is 2.17. The Bertz CT molecular complexity index is 519. The predicted molar refractivity (Wildman–Crippen MR) is 63.5 cm³/mol. The zero-order valence-electron chi connectivity index (χ0n) is 10.0. The minimum absolute atomic E-state index is 0.0785. The number of imidazole rings is 1. The van der Waals surface area contributed by atoms with Crippen LogP contribution in [-0.2, 0) is 11.2 Å². The molecule has 4 nitrogen and oxygen atoms in total. The van der Waals surface area contributed by atoms with Crippen LogP contribution in [0, 0.1) is 13.8 Å². The van der Waals surface area contributed by atoms with Gasteiger partial charge in [-0.05, 0) is 49.9 Å². The van der Waals surface area contributed by atoms with Crippen molar-refractivity contribution < 1.29 is 9.90 Å². The van der Waals surface area contributed by atoms with Crippen LogP contribution in [0.1, 0.15) is 29.8 Å². The molecule has 0 aliphatic heterocycles. The summed E-state index contributed by atoms with van der Waals surface area (Å²) in [6, 6.07) is 4.11. The minimum atomic E-state index is -1.01. The Morgan fingerprint density at radius 1 is 1.35 bits per heavy atom. The van der Waals surface area contributed by atoms with E-state index in [0.717, 1.165) is 16.9 Å². The number of H-pyrrole nitrogens is 1. The molecular weight excluding hydrogens is 216 g/mol. The van der Waals surface area contributed by atoms with Gasteiger partial charge in [-0.15, -0.1) is 0 Å². The lowest BCUT2D eigenvalue weighted by atomic mass is 10.1. The van der Waals surface area contributed by atoms with Crippen LogP contribution in [0.3, 0.4) is 0 Å². The molecule has 0 fully saturated rings. The molecule has 0 saturated carbocycles. The van der Waals surface area contributed by atoms with Crippen molar-refractivity contribution in [1.82, 2.24) is 9.97 Å². The lowest BCUT2D eigenvalue weighted by Crippen LogP contribution is -2.21. The van der Waals surface area contributed by atoms with Crippen LogP contribution in [0.4, 0.5) is 0 Å². The number of aromatic amines is 1. The van der Waals surface area contributed by atoms with Crippen LogP contribution in [0.15, 0.2) is 12.1 Å². The molecule has 2 aromatic rings. The number of fused-ring (bicyclic) bond motifs is 1. The van der Waals surface area contributed by atoms with Gasteiger partial charge in [0, 0.05) is 12.4 Å². The number of carboxylic acid groups (broad SMARTS) is 1. The summed E-state index contributed by atoms with van der Waals surface area (Å²) in [4.78, 5) is 18.0. The van der Waals surface area contributed by atoms with Crippen molar-refractivity contribution in [1.29, 1.82) is 0 Å². The summed E-state index contributed by atoms with van der Waals surface area (Å²) in [6.07, 6.45) is 1.27. The van der Waals surface area contributed by atoms with Crippen LogP contribution in [-0.4, -0.2) is 15.9 Å². The van der Waals surface area contributed by atoms with Gasteiger partial charge >= 0.3 is 0 Å².